The molecule has 2 aromatic rings. The topological polar surface area (TPSA) is 73.8 Å². The number of aromatic amines is 1. The van der Waals surface area contributed by atoms with E-state index >= 15 is 0 Å². The predicted molar refractivity (Wildman–Crippen MR) is 103 cm³/mol. The highest BCUT2D eigenvalue weighted by molar-refractivity contribution is 7.92. The fourth-order valence-electron chi connectivity index (χ4n) is 3.38. The minimum Gasteiger partial charge on any atom is -0.357 e. The third-order valence-electron chi connectivity index (χ3n) is 4.66. The van der Waals surface area contributed by atoms with Crippen LogP contribution in [0.25, 0.3) is 11.3 Å². The van der Waals surface area contributed by atoms with Crippen molar-refractivity contribution in [3.8, 4) is 11.3 Å². The molecule has 0 spiro atoms. The Kier molecular flexibility index (Phi) is 4.36. The smallest absolute Gasteiger partial charge is 0.199 e. The quantitative estimate of drug-likeness (QED) is 0.757. The summed E-state index contributed by atoms with van der Waals surface area (Å²) < 4.78 is 20.4. The van der Waals surface area contributed by atoms with Crippen LogP contribution in [0.3, 0.4) is 0 Å². The molecule has 25 heavy (non-hydrogen) atoms. The van der Waals surface area contributed by atoms with Gasteiger partial charge in [0.25, 0.3) is 0 Å². The molecular formula is C19H23ClN2O2S. The summed E-state index contributed by atoms with van der Waals surface area (Å²) in [6.07, 6.45) is 1.29. The third kappa shape index (κ3) is 3.27. The lowest BCUT2D eigenvalue weighted by Gasteiger charge is -2.23. The zero-order valence-corrected chi connectivity index (χ0v) is 16.5. The highest BCUT2D eigenvalue weighted by atomic mass is 35.5. The van der Waals surface area contributed by atoms with Gasteiger partial charge in [0.1, 0.15) is 4.90 Å². The van der Waals surface area contributed by atoms with Crippen molar-refractivity contribution in [2.75, 3.05) is 5.75 Å². The van der Waals surface area contributed by atoms with Crippen molar-refractivity contribution in [3.05, 3.63) is 50.3 Å². The molecule has 2 N–H and O–H groups in total. The number of halogens is 1. The van der Waals surface area contributed by atoms with Crippen molar-refractivity contribution in [2.45, 2.75) is 50.8 Å². The number of aromatic nitrogens is 1. The van der Waals surface area contributed by atoms with Crippen molar-refractivity contribution < 1.29 is 4.21 Å². The Morgan fingerprint density at radius 1 is 1.24 bits per heavy atom. The number of H-pyrrole nitrogens is 1. The van der Waals surface area contributed by atoms with Gasteiger partial charge in [-0.15, -0.1) is 0 Å². The van der Waals surface area contributed by atoms with Crippen molar-refractivity contribution in [3.63, 3.8) is 0 Å². The molecule has 134 valence electrons. The van der Waals surface area contributed by atoms with Crippen LogP contribution in [0, 0.1) is 11.7 Å². The Hall–Kier alpha value is -1.59. The maximum absolute atomic E-state index is 12.5. The Bertz CT molecular complexity index is 1010. The number of fused-ring (bicyclic) bond motifs is 1. The molecule has 1 aliphatic rings. The molecule has 4 nitrogen and oxygen atoms in total. The van der Waals surface area contributed by atoms with E-state index in [-0.39, 0.29) is 21.5 Å². The van der Waals surface area contributed by atoms with Crippen LogP contribution in [0.15, 0.2) is 27.9 Å². The normalized spacial score (nSPS) is 20.4. The van der Waals surface area contributed by atoms with Crippen LogP contribution in [0.5, 0.6) is 0 Å². The summed E-state index contributed by atoms with van der Waals surface area (Å²) in [5, 5.41) is 0.663. The lowest BCUT2D eigenvalue weighted by atomic mass is 9.85. The SMILES string of the molecule is Cc1cc(C(C)(C)C)c(Cl)cc1-c1cc(=O)c2c([nH]1)CCCS2(=N)=O. The molecule has 1 aromatic heterocycles. The first-order valence-electron chi connectivity index (χ1n) is 8.34. The molecule has 0 radical (unpaired) electrons. The van der Waals surface area contributed by atoms with E-state index in [2.05, 4.69) is 31.8 Å². The van der Waals surface area contributed by atoms with Crippen LogP contribution < -0.4 is 5.43 Å². The Morgan fingerprint density at radius 3 is 2.56 bits per heavy atom. The number of hydrogen-bond donors (Lipinski definition) is 2. The minimum absolute atomic E-state index is 0.0691. The standard InChI is InChI=1S/C19H23ClN2O2S/c1-11-8-13(19(2,3)4)14(20)9-12(11)16-10-17(23)18-15(22-16)6-5-7-25(18,21)24/h8-10,21H,5-7H2,1-4H3,(H,22,23). The van der Waals surface area contributed by atoms with E-state index in [0.29, 0.717) is 29.3 Å². The molecule has 0 aliphatic carbocycles. The first kappa shape index (κ1) is 18.2. The lowest BCUT2D eigenvalue weighted by molar-refractivity contribution is 0.590. The van der Waals surface area contributed by atoms with Crippen molar-refractivity contribution in [1.29, 1.82) is 4.78 Å². The maximum atomic E-state index is 12.5. The number of aryl methyl sites for hydroxylation is 2. The number of nitrogens with one attached hydrogen (secondary N) is 2. The van der Waals surface area contributed by atoms with E-state index in [1.807, 2.05) is 13.0 Å². The van der Waals surface area contributed by atoms with E-state index < -0.39 is 9.73 Å². The highest BCUT2D eigenvalue weighted by Crippen LogP contribution is 2.35. The van der Waals surface area contributed by atoms with Crippen LogP contribution in [0.1, 0.15) is 44.0 Å². The van der Waals surface area contributed by atoms with Gasteiger partial charge in [0.2, 0.25) is 0 Å². The molecule has 1 atom stereocenters. The van der Waals surface area contributed by atoms with Crippen LogP contribution in [-0.2, 0) is 21.6 Å². The minimum atomic E-state index is -2.99. The van der Waals surface area contributed by atoms with E-state index in [9.17, 15) is 9.00 Å². The van der Waals surface area contributed by atoms with E-state index in [0.717, 1.165) is 16.7 Å². The van der Waals surface area contributed by atoms with Crippen molar-refractivity contribution >= 4 is 21.3 Å². The second-order valence-corrected chi connectivity index (χ2v) is 10.3. The second-order valence-electron chi connectivity index (χ2n) is 7.73. The average molecular weight is 379 g/mol. The van der Waals surface area contributed by atoms with Gasteiger partial charge in [-0.05, 0) is 42.4 Å². The van der Waals surface area contributed by atoms with Gasteiger partial charge >= 0.3 is 0 Å². The van der Waals surface area contributed by atoms with Gasteiger partial charge in [0.05, 0.1) is 9.73 Å². The molecule has 1 aromatic carbocycles. The summed E-state index contributed by atoms with van der Waals surface area (Å²) in [4.78, 5) is 15.9. The van der Waals surface area contributed by atoms with Crippen LogP contribution in [0.2, 0.25) is 5.02 Å². The Balaban J connectivity index is 2.21. The summed E-state index contributed by atoms with van der Waals surface area (Å²) in [6, 6.07) is 5.40. The maximum Gasteiger partial charge on any atom is 0.199 e. The van der Waals surface area contributed by atoms with Gasteiger partial charge < -0.3 is 4.98 Å². The van der Waals surface area contributed by atoms with Gasteiger partial charge in [0, 0.05) is 33.8 Å². The zero-order valence-electron chi connectivity index (χ0n) is 15.0. The predicted octanol–water partition coefficient (Wildman–Crippen LogP) is 4.65. The molecule has 0 amide bonds. The number of pyridine rings is 1. The summed E-state index contributed by atoms with van der Waals surface area (Å²) in [5.74, 6) is 0.258. The summed E-state index contributed by atoms with van der Waals surface area (Å²) >= 11 is 6.50. The summed E-state index contributed by atoms with van der Waals surface area (Å²) in [6.45, 7) is 8.32. The lowest BCUT2D eigenvalue weighted by Crippen LogP contribution is -2.25. The monoisotopic (exact) mass is 378 g/mol. The van der Waals surface area contributed by atoms with Crippen molar-refractivity contribution in [1.82, 2.24) is 4.98 Å². The molecular weight excluding hydrogens is 356 g/mol. The number of hydrogen-bond acceptors (Lipinski definition) is 3. The van der Waals surface area contributed by atoms with Gasteiger partial charge in [-0.1, -0.05) is 38.4 Å². The number of benzene rings is 1. The molecule has 2 heterocycles. The van der Waals surface area contributed by atoms with Crippen LogP contribution in [-0.4, -0.2) is 14.9 Å². The largest absolute Gasteiger partial charge is 0.357 e. The van der Waals surface area contributed by atoms with Crippen molar-refractivity contribution in [2.24, 2.45) is 0 Å². The molecule has 6 heteroatoms. The first-order chi connectivity index (χ1) is 11.5. The van der Waals surface area contributed by atoms with E-state index in [1.54, 1.807) is 0 Å². The first-order valence-corrected chi connectivity index (χ1v) is 10.4. The molecule has 0 saturated heterocycles. The van der Waals surface area contributed by atoms with Gasteiger partial charge in [-0.25, -0.2) is 8.99 Å². The molecule has 0 fully saturated rings. The summed E-state index contributed by atoms with van der Waals surface area (Å²) in [7, 11) is -2.99. The average Bonchev–Trinajstić information content (AvgIpc) is 2.46. The van der Waals surface area contributed by atoms with Gasteiger partial charge in [-0.2, -0.15) is 0 Å². The van der Waals surface area contributed by atoms with E-state index in [1.165, 1.54) is 6.07 Å². The van der Waals surface area contributed by atoms with Crippen LogP contribution in [0.4, 0.5) is 0 Å². The molecule has 0 bridgehead atoms. The van der Waals surface area contributed by atoms with Gasteiger partial charge in [-0.3, -0.25) is 4.79 Å². The number of rotatable bonds is 1. The Morgan fingerprint density at radius 2 is 1.92 bits per heavy atom. The molecule has 1 aliphatic heterocycles. The zero-order chi connectivity index (χ0) is 18.6. The fourth-order valence-corrected chi connectivity index (χ4v) is 5.52. The highest BCUT2D eigenvalue weighted by Gasteiger charge is 2.25. The second kappa shape index (κ2) is 5.99. The summed E-state index contributed by atoms with van der Waals surface area (Å²) in [5.41, 5.74) is 3.85. The molecule has 0 saturated carbocycles. The van der Waals surface area contributed by atoms with Crippen LogP contribution >= 0.6 is 11.6 Å². The van der Waals surface area contributed by atoms with E-state index in [4.69, 9.17) is 16.4 Å². The molecule has 3 rings (SSSR count). The fraction of sp³-hybridized carbons (Fsp3) is 0.421. The van der Waals surface area contributed by atoms with Gasteiger partial charge in [0.15, 0.2) is 5.43 Å². The molecule has 1 unspecified atom stereocenters. The third-order valence-corrected chi connectivity index (χ3v) is 6.94. The Labute approximate surface area is 153 Å².